The molecule has 5 nitrogen and oxygen atoms in total. The van der Waals surface area contributed by atoms with Crippen molar-refractivity contribution in [3.63, 3.8) is 0 Å². The van der Waals surface area contributed by atoms with Gasteiger partial charge in [0.1, 0.15) is 11.9 Å². The van der Waals surface area contributed by atoms with Crippen LogP contribution in [0.1, 0.15) is 25.5 Å². The van der Waals surface area contributed by atoms with Crippen molar-refractivity contribution in [3.8, 4) is 0 Å². The third-order valence-electron chi connectivity index (χ3n) is 3.05. The summed E-state index contributed by atoms with van der Waals surface area (Å²) in [7, 11) is 0. The summed E-state index contributed by atoms with van der Waals surface area (Å²) in [6.07, 6.45) is 1.14. The second-order valence-corrected chi connectivity index (χ2v) is 4.28. The Hall–Kier alpha value is -1.62. The van der Waals surface area contributed by atoms with Crippen molar-refractivity contribution in [1.82, 2.24) is 10.3 Å². The highest BCUT2D eigenvalue weighted by Crippen LogP contribution is 2.20. The SMILES string of the molecule is CC(O)c1ccnc(N2CCNC(=O)C2C)c1. The molecular weight excluding hydrogens is 218 g/mol. The molecule has 2 heterocycles. The number of rotatable bonds is 2. The van der Waals surface area contributed by atoms with E-state index >= 15 is 0 Å². The second-order valence-electron chi connectivity index (χ2n) is 4.28. The molecule has 1 aliphatic heterocycles. The highest BCUT2D eigenvalue weighted by Gasteiger charge is 2.26. The molecule has 92 valence electrons. The average Bonchev–Trinajstić information content (AvgIpc) is 2.33. The molecule has 2 N–H and O–H groups in total. The van der Waals surface area contributed by atoms with Gasteiger partial charge >= 0.3 is 0 Å². The Morgan fingerprint density at radius 1 is 1.65 bits per heavy atom. The predicted molar refractivity (Wildman–Crippen MR) is 64.7 cm³/mol. The van der Waals surface area contributed by atoms with Crippen molar-refractivity contribution < 1.29 is 9.90 Å². The van der Waals surface area contributed by atoms with Crippen molar-refractivity contribution in [2.75, 3.05) is 18.0 Å². The number of carbonyl (C=O) groups excluding carboxylic acids is 1. The van der Waals surface area contributed by atoms with E-state index in [0.29, 0.717) is 6.54 Å². The number of anilines is 1. The zero-order valence-electron chi connectivity index (χ0n) is 10.1. The van der Waals surface area contributed by atoms with Gasteiger partial charge in [-0.1, -0.05) is 0 Å². The van der Waals surface area contributed by atoms with Crippen molar-refractivity contribution in [3.05, 3.63) is 23.9 Å². The summed E-state index contributed by atoms with van der Waals surface area (Å²) in [5.74, 6) is 0.756. The highest BCUT2D eigenvalue weighted by molar-refractivity contribution is 5.85. The molecule has 17 heavy (non-hydrogen) atoms. The Bertz CT molecular complexity index is 420. The first-order valence-corrected chi connectivity index (χ1v) is 5.78. The number of hydrogen-bond acceptors (Lipinski definition) is 4. The van der Waals surface area contributed by atoms with Gasteiger partial charge in [-0.25, -0.2) is 4.98 Å². The maximum Gasteiger partial charge on any atom is 0.242 e. The lowest BCUT2D eigenvalue weighted by molar-refractivity contribution is -0.122. The number of hydrogen-bond donors (Lipinski definition) is 2. The fraction of sp³-hybridized carbons (Fsp3) is 0.500. The summed E-state index contributed by atoms with van der Waals surface area (Å²) < 4.78 is 0. The monoisotopic (exact) mass is 235 g/mol. The Morgan fingerprint density at radius 3 is 3.12 bits per heavy atom. The van der Waals surface area contributed by atoms with Crippen LogP contribution in [0.25, 0.3) is 0 Å². The minimum atomic E-state index is -0.523. The molecule has 2 atom stereocenters. The van der Waals surface area contributed by atoms with Gasteiger partial charge in [0, 0.05) is 19.3 Å². The Balaban J connectivity index is 2.26. The number of aromatic nitrogens is 1. The molecule has 1 aliphatic rings. The smallest absolute Gasteiger partial charge is 0.242 e. The summed E-state index contributed by atoms with van der Waals surface area (Å²) in [5.41, 5.74) is 0.813. The first-order chi connectivity index (χ1) is 8.09. The van der Waals surface area contributed by atoms with E-state index in [-0.39, 0.29) is 11.9 Å². The van der Waals surface area contributed by atoms with Crippen LogP contribution in [0.2, 0.25) is 0 Å². The molecule has 2 rings (SSSR count). The Kier molecular flexibility index (Phi) is 3.28. The lowest BCUT2D eigenvalue weighted by Crippen LogP contribution is -2.54. The van der Waals surface area contributed by atoms with E-state index in [1.54, 1.807) is 19.2 Å². The number of pyridine rings is 1. The Morgan fingerprint density at radius 2 is 2.41 bits per heavy atom. The van der Waals surface area contributed by atoms with Crippen LogP contribution in [0.3, 0.4) is 0 Å². The number of nitrogens with zero attached hydrogens (tertiary/aromatic N) is 2. The van der Waals surface area contributed by atoms with Crippen LogP contribution in [0.4, 0.5) is 5.82 Å². The van der Waals surface area contributed by atoms with E-state index in [4.69, 9.17) is 0 Å². The zero-order valence-corrected chi connectivity index (χ0v) is 10.1. The van der Waals surface area contributed by atoms with Crippen LogP contribution in [0.15, 0.2) is 18.3 Å². The molecule has 1 amide bonds. The number of piperazine rings is 1. The van der Waals surface area contributed by atoms with Gasteiger partial charge in [-0.3, -0.25) is 4.79 Å². The molecule has 1 aromatic heterocycles. The fourth-order valence-corrected chi connectivity index (χ4v) is 1.95. The molecule has 0 radical (unpaired) electrons. The molecule has 0 saturated carbocycles. The van der Waals surface area contributed by atoms with Crippen molar-refractivity contribution in [2.45, 2.75) is 26.0 Å². The lowest BCUT2D eigenvalue weighted by atomic mass is 10.1. The number of aliphatic hydroxyl groups excluding tert-OH is 1. The van der Waals surface area contributed by atoms with Gasteiger partial charge in [0.2, 0.25) is 5.91 Å². The number of nitrogens with one attached hydrogen (secondary N) is 1. The topological polar surface area (TPSA) is 65.5 Å². The Labute approximate surface area is 100 Å². The van der Waals surface area contributed by atoms with Crippen molar-refractivity contribution >= 4 is 11.7 Å². The molecule has 0 aromatic carbocycles. The molecular formula is C12H17N3O2. The number of aliphatic hydroxyl groups is 1. The minimum absolute atomic E-state index is 0.0144. The van der Waals surface area contributed by atoms with Gasteiger partial charge in [0.15, 0.2) is 0 Å². The highest BCUT2D eigenvalue weighted by atomic mass is 16.3. The maximum absolute atomic E-state index is 11.6. The molecule has 2 unspecified atom stereocenters. The summed E-state index contributed by atoms with van der Waals surface area (Å²) in [6, 6.07) is 3.39. The standard InChI is InChI=1S/C12H17N3O2/c1-8-12(17)14-5-6-15(8)11-7-10(9(2)16)3-4-13-11/h3-4,7-9,16H,5-6H2,1-2H3,(H,14,17). The van der Waals surface area contributed by atoms with Gasteiger partial charge < -0.3 is 15.3 Å². The van der Waals surface area contributed by atoms with Crippen molar-refractivity contribution in [1.29, 1.82) is 0 Å². The largest absolute Gasteiger partial charge is 0.389 e. The molecule has 1 saturated heterocycles. The fourth-order valence-electron chi connectivity index (χ4n) is 1.95. The third kappa shape index (κ3) is 2.39. The van der Waals surface area contributed by atoms with Crippen LogP contribution < -0.4 is 10.2 Å². The third-order valence-corrected chi connectivity index (χ3v) is 3.05. The van der Waals surface area contributed by atoms with Gasteiger partial charge in [-0.2, -0.15) is 0 Å². The number of carbonyl (C=O) groups is 1. The zero-order chi connectivity index (χ0) is 12.4. The summed E-state index contributed by atoms with van der Waals surface area (Å²) in [4.78, 5) is 17.8. The van der Waals surface area contributed by atoms with E-state index in [2.05, 4.69) is 10.3 Å². The van der Waals surface area contributed by atoms with Crippen LogP contribution >= 0.6 is 0 Å². The van der Waals surface area contributed by atoms with Crippen molar-refractivity contribution in [2.24, 2.45) is 0 Å². The van der Waals surface area contributed by atoms with Crippen LogP contribution in [-0.4, -0.2) is 35.1 Å². The summed E-state index contributed by atoms with van der Waals surface area (Å²) >= 11 is 0. The maximum atomic E-state index is 11.6. The van der Waals surface area contributed by atoms with Crippen LogP contribution in [0, 0.1) is 0 Å². The lowest BCUT2D eigenvalue weighted by Gasteiger charge is -2.33. The van der Waals surface area contributed by atoms with E-state index in [0.717, 1.165) is 17.9 Å². The van der Waals surface area contributed by atoms with Gasteiger partial charge in [-0.05, 0) is 31.5 Å². The van der Waals surface area contributed by atoms with Gasteiger partial charge in [0.25, 0.3) is 0 Å². The van der Waals surface area contributed by atoms with Gasteiger partial charge in [-0.15, -0.1) is 0 Å². The molecule has 0 bridgehead atoms. The second kappa shape index (κ2) is 4.71. The van der Waals surface area contributed by atoms with E-state index in [1.807, 2.05) is 17.9 Å². The molecule has 1 fully saturated rings. The average molecular weight is 235 g/mol. The summed E-state index contributed by atoms with van der Waals surface area (Å²) in [5, 5.41) is 12.3. The summed E-state index contributed by atoms with van der Waals surface area (Å²) in [6.45, 7) is 4.93. The van der Waals surface area contributed by atoms with E-state index < -0.39 is 6.10 Å². The predicted octanol–water partition coefficient (Wildman–Crippen LogP) is 0.460. The minimum Gasteiger partial charge on any atom is -0.389 e. The van der Waals surface area contributed by atoms with E-state index in [9.17, 15) is 9.90 Å². The van der Waals surface area contributed by atoms with Crippen LogP contribution in [0.5, 0.6) is 0 Å². The quantitative estimate of drug-likeness (QED) is 0.781. The number of amides is 1. The van der Waals surface area contributed by atoms with Crippen LogP contribution in [-0.2, 0) is 4.79 Å². The first-order valence-electron chi connectivity index (χ1n) is 5.78. The molecule has 0 aliphatic carbocycles. The molecule has 5 heteroatoms. The first kappa shape index (κ1) is 11.9. The molecule has 0 spiro atoms. The normalized spacial score (nSPS) is 22.2. The van der Waals surface area contributed by atoms with Gasteiger partial charge in [0.05, 0.1) is 6.10 Å². The van der Waals surface area contributed by atoms with E-state index in [1.165, 1.54) is 0 Å². The molecule has 1 aromatic rings.